The third-order valence-electron chi connectivity index (χ3n) is 2.18. The molecule has 1 unspecified atom stereocenters. The summed E-state index contributed by atoms with van der Waals surface area (Å²) in [5.74, 6) is 0.0461. The van der Waals surface area contributed by atoms with Crippen LogP contribution in [0.3, 0.4) is 0 Å². The molecule has 0 radical (unpaired) electrons. The van der Waals surface area contributed by atoms with Gasteiger partial charge in [0.2, 0.25) is 11.8 Å². The topological polar surface area (TPSA) is 92.4 Å². The number of carbonyl (C=O) groups is 2. The molecule has 0 bridgehead atoms. The molecule has 1 aromatic heterocycles. The van der Waals surface area contributed by atoms with Crippen molar-refractivity contribution >= 4 is 11.9 Å². The number of oxazole rings is 1. The van der Waals surface area contributed by atoms with Gasteiger partial charge in [-0.1, -0.05) is 0 Å². The summed E-state index contributed by atoms with van der Waals surface area (Å²) < 4.78 is 5.27. The lowest BCUT2D eigenvalue weighted by Crippen LogP contribution is -2.26. The molecule has 1 aromatic rings. The second-order valence-electron chi connectivity index (χ2n) is 3.85. The van der Waals surface area contributed by atoms with Gasteiger partial charge in [-0.25, -0.2) is 4.98 Å². The summed E-state index contributed by atoms with van der Waals surface area (Å²) in [7, 11) is 0. The van der Waals surface area contributed by atoms with Crippen LogP contribution in [-0.4, -0.2) is 22.0 Å². The van der Waals surface area contributed by atoms with E-state index in [4.69, 9.17) is 9.52 Å². The number of carboxylic acids is 1. The summed E-state index contributed by atoms with van der Waals surface area (Å²) in [4.78, 5) is 25.7. The molecule has 17 heavy (non-hydrogen) atoms. The number of carbonyl (C=O) groups excluding carboxylic acids is 1. The van der Waals surface area contributed by atoms with Crippen molar-refractivity contribution in [2.75, 3.05) is 0 Å². The second-order valence-corrected chi connectivity index (χ2v) is 3.85. The van der Waals surface area contributed by atoms with Crippen LogP contribution >= 0.6 is 0 Å². The smallest absolute Gasteiger partial charge is 0.303 e. The molecule has 6 heteroatoms. The molecule has 0 aliphatic carbocycles. The fourth-order valence-corrected chi connectivity index (χ4v) is 1.35. The van der Waals surface area contributed by atoms with Crippen molar-refractivity contribution in [3.05, 3.63) is 17.8 Å². The van der Waals surface area contributed by atoms with Gasteiger partial charge in [-0.05, 0) is 20.3 Å². The molecule has 1 heterocycles. The maximum absolute atomic E-state index is 11.4. The Morgan fingerprint density at radius 1 is 1.53 bits per heavy atom. The predicted octanol–water partition coefficient (Wildman–Crippen LogP) is 1.42. The molecule has 0 saturated heterocycles. The van der Waals surface area contributed by atoms with Gasteiger partial charge in [0.05, 0.1) is 6.20 Å². The van der Waals surface area contributed by atoms with Gasteiger partial charge in [-0.2, -0.15) is 0 Å². The summed E-state index contributed by atoms with van der Waals surface area (Å²) in [6.07, 6.45) is 2.11. The molecule has 0 saturated carbocycles. The zero-order valence-electron chi connectivity index (χ0n) is 9.90. The Labute approximate surface area is 99.0 Å². The van der Waals surface area contributed by atoms with Crippen molar-refractivity contribution in [3.8, 4) is 0 Å². The largest absolute Gasteiger partial charge is 0.481 e. The number of hydrogen-bond donors (Lipinski definition) is 2. The first-order valence-corrected chi connectivity index (χ1v) is 5.42. The van der Waals surface area contributed by atoms with Crippen molar-refractivity contribution in [2.45, 2.75) is 39.2 Å². The molecule has 0 spiro atoms. The van der Waals surface area contributed by atoms with Gasteiger partial charge in [0, 0.05) is 12.8 Å². The molecule has 1 atom stereocenters. The quantitative estimate of drug-likeness (QED) is 0.784. The number of rotatable bonds is 6. The normalized spacial score (nSPS) is 12.1. The molecule has 0 aliphatic heterocycles. The SMILES string of the molecule is Cc1cnc(C(C)NC(=O)CCCC(=O)O)o1. The lowest BCUT2D eigenvalue weighted by molar-refractivity contribution is -0.137. The lowest BCUT2D eigenvalue weighted by Gasteiger charge is -2.09. The minimum absolute atomic E-state index is 0.0000882. The Bertz CT molecular complexity index is 400. The third-order valence-corrected chi connectivity index (χ3v) is 2.18. The number of amides is 1. The minimum Gasteiger partial charge on any atom is -0.481 e. The van der Waals surface area contributed by atoms with Crippen LogP contribution in [-0.2, 0) is 9.59 Å². The van der Waals surface area contributed by atoms with Gasteiger partial charge in [0.25, 0.3) is 0 Å². The maximum Gasteiger partial charge on any atom is 0.303 e. The minimum atomic E-state index is -0.894. The van der Waals surface area contributed by atoms with Crippen molar-refractivity contribution in [2.24, 2.45) is 0 Å². The molecule has 1 rings (SSSR count). The van der Waals surface area contributed by atoms with Gasteiger partial charge in [-0.3, -0.25) is 9.59 Å². The van der Waals surface area contributed by atoms with E-state index in [-0.39, 0.29) is 24.8 Å². The van der Waals surface area contributed by atoms with Crippen LogP contribution in [0.2, 0.25) is 0 Å². The van der Waals surface area contributed by atoms with Gasteiger partial charge in [0.1, 0.15) is 11.8 Å². The number of aromatic nitrogens is 1. The fraction of sp³-hybridized carbons (Fsp3) is 0.545. The number of aliphatic carboxylic acids is 1. The molecule has 1 amide bonds. The van der Waals surface area contributed by atoms with Gasteiger partial charge >= 0.3 is 5.97 Å². The van der Waals surface area contributed by atoms with Crippen molar-refractivity contribution in [3.63, 3.8) is 0 Å². The lowest BCUT2D eigenvalue weighted by atomic mass is 10.2. The van der Waals surface area contributed by atoms with Crippen LogP contribution in [0, 0.1) is 6.92 Å². The first-order valence-electron chi connectivity index (χ1n) is 5.42. The maximum atomic E-state index is 11.4. The molecular weight excluding hydrogens is 224 g/mol. The van der Waals surface area contributed by atoms with Crippen LogP contribution in [0.4, 0.5) is 0 Å². The highest BCUT2D eigenvalue weighted by atomic mass is 16.4. The zero-order valence-corrected chi connectivity index (χ0v) is 9.90. The van der Waals surface area contributed by atoms with Crippen LogP contribution in [0.5, 0.6) is 0 Å². The van der Waals surface area contributed by atoms with E-state index in [2.05, 4.69) is 10.3 Å². The standard InChI is InChI=1S/C11H16N2O4/c1-7-6-12-11(17-7)8(2)13-9(14)4-3-5-10(15)16/h6,8H,3-5H2,1-2H3,(H,13,14)(H,15,16). The Morgan fingerprint density at radius 3 is 2.76 bits per heavy atom. The van der Waals surface area contributed by atoms with E-state index < -0.39 is 5.97 Å². The molecular formula is C11H16N2O4. The summed E-state index contributed by atoms with van der Waals surface area (Å²) in [5.41, 5.74) is 0. The Hall–Kier alpha value is -1.85. The predicted molar refractivity (Wildman–Crippen MR) is 59.3 cm³/mol. The van der Waals surface area contributed by atoms with Gasteiger partial charge in [0.15, 0.2) is 0 Å². The van der Waals surface area contributed by atoms with E-state index in [1.165, 1.54) is 0 Å². The Morgan fingerprint density at radius 2 is 2.24 bits per heavy atom. The zero-order chi connectivity index (χ0) is 12.8. The molecule has 6 nitrogen and oxygen atoms in total. The molecule has 94 valence electrons. The number of carboxylic acid groups (broad SMARTS) is 1. The van der Waals surface area contributed by atoms with E-state index in [0.29, 0.717) is 18.1 Å². The van der Waals surface area contributed by atoms with E-state index in [9.17, 15) is 9.59 Å². The van der Waals surface area contributed by atoms with Crippen molar-refractivity contribution in [1.29, 1.82) is 0 Å². The summed E-state index contributed by atoms with van der Waals surface area (Å²) in [6, 6.07) is -0.305. The third kappa shape index (κ3) is 4.67. The number of aryl methyl sites for hydroxylation is 1. The summed E-state index contributed by atoms with van der Waals surface area (Å²) in [5, 5.41) is 11.1. The summed E-state index contributed by atoms with van der Waals surface area (Å²) in [6.45, 7) is 3.54. The van der Waals surface area contributed by atoms with Crippen molar-refractivity contribution in [1.82, 2.24) is 10.3 Å². The highest BCUT2D eigenvalue weighted by Gasteiger charge is 2.14. The van der Waals surface area contributed by atoms with E-state index >= 15 is 0 Å². The molecule has 2 N–H and O–H groups in total. The molecule has 0 aromatic carbocycles. The van der Waals surface area contributed by atoms with E-state index in [1.54, 1.807) is 20.0 Å². The van der Waals surface area contributed by atoms with E-state index in [1.807, 2.05) is 0 Å². The van der Waals surface area contributed by atoms with Crippen LogP contribution < -0.4 is 5.32 Å². The van der Waals surface area contributed by atoms with E-state index in [0.717, 1.165) is 0 Å². The highest BCUT2D eigenvalue weighted by Crippen LogP contribution is 2.12. The number of nitrogens with one attached hydrogen (secondary N) is 1. The van der Waals surface area contributed by atoms with Crippen LogP contribution in [0.15, 0.2) is 10.6 Å². The highest BCUT2D eigenvalue weighted by molar-refractivity contribution is 5.77. The van der Waals surface area contributed by atoms with Crippen molar-refractivity contribution < 1.29 is 19.1 Å². The van der Waals surface area contributed by atoms with Gasteiger partial charge in [-0.15, -0.1) is 0 Å². The first kappa shape index (κ1) is 13.2. The van der Waals surface area contributed by atoms with Gasteiger partial charge < -0.3 is 14.8 Å². The van der Waals surface area contributed by atoms with Crippen LogP contribution in [0.1, 0.15) is 43.9 Å². The number of hydrogen-bond acceptors (Lipinski definition) is 4. The Kier molecular flexibility index (Phi) is 4.68. The average molecular weight is 240 g/mol. The summed E-state index contributed by atoms with van der Waals surface area (Å²) >= 11 is 0. The van der Waals surface area contributed by atoms with Crippen LogP contribution in [0.25, 0.3) is 0 Å². The molecule has 0 aliphatic rings. The number of nitrogens with zero attached hydrogens (tertiary/aromatic N) is 1. The Balaban J connectivity index is 2.33. The average Bonchev–Trinajstić information content (AvgIpc) is 2.64. The fourth-order valence-electron chi connectivity index (χ4n) is 1.35. The first-order chi connectivity index (χ1) is 7.99. The monoisotopic (exact) mass is 240 g/mol. The molecule has 0 fully saturated rings. The second kappa shape index (κ2) is 6.03.